The molecule has 0 saturated heterocycles. The van der Waals surface area contributed by atoms with Crippen molar-refractivity contribution in [3.63, 3.8) is 0 Å². The van der Waals surface area contributed by atoms with Crippen molar-refractivity contribution in [3.05, 3.63) is 34.9 Å². The van der Waals surface area contributed by atoms with Crippen molar-refractivity contribution >= 4 is 0 Å². The van der Waals surface area contributed by atoms with Gasteiger partial charge >= 0.3 is 0 Å². The van der Waals surface area contributed by atoms with E-state index in [0.29, 0.717) is 11.6 Å². The van der Waals surface area contributed by atoms with E-state index in [4.69, 9.17) is 0 Å². The van der Waals surface area contributed by atoms with Crippen molar-refractivity contribution in [2.75, 3.05) is 0 Å². The van der Waals surface area contributed by atoms with Crippen molar-refractivity contribution in [1.82, 2.24) is 5.32 Å². The topological polar surface area (TPSA) is 12.0 Å². The van der Waals surface area contributed by atoms with Crippen LogP contribution in [0.2, 0.25) is 0 Å². The Balaban J connectivity index is 1.93. The molecule has 0 spiro atoms. The summed E-state index contributed by atoms with van der Waals surface area (Å²) in [5.74, 6) is -0.846. The molecule has 1 N–H and O–H groups in total. The van der Waals surface area contributed by atoms with E-state index in [1.807, 2.05) is 0 Å². The smallest absolute Gasteiger partial charge is 0.129 e. The highest BCUT2D eigenvalue weighted by Crippen LogP contribution is 2.36. The first-order chi connectivity index (χ1) is 7.24. The predicted molar refractivity (Wildman–Crippen MR) is 53.6 cm³/mol. The number of benzene rings is 1. The average molecular weight is 209 g/mol. The molecule has 0 heterocycles. The molecule has 2 aliphatic carbocycles. The summed E-state index contributed by atoms with van der Waals surface area (Å²) in [6.07, 6.45) is 4.02. The summed E-state index contributed by atoms with van der Waals surface area (Å²) in [6, 6.07) is 3.20. The SMILES string of the molecule is Fc1cc(F)c2c(c1)C(NC1CC1)CC2. The molecular weight excluding hydrogens is 196 g/mol. The van der Waals surface area contributed by atoms with E-state index in [0.717, 1.165) is 24.5 Å². The molecule has 0 aromatic heterocycles. The molecule has 1 aromatic carbocycles. The van der Waals surface area contributed by atoms with Gasteiger partial charge in [0.15, 0.2) is 0 Å². The molecule has 1 aromatic rings. The lowest BCUT2D eigenvalue weighted by atomic mass is 10.1. The van der Waals surface area contributed by atoms with Crippen molar-refractivity contribution in [3.8, 4) is 0 Å². The Labute approximate surface area is 87.5 Å². The van der Waals surface area contributed by atoms with Crippen LogP contribution in [0.1, 0.15) is 36.4 Å². The van der Waals surface area contributed by atoms with Crippen LogP contribution in [0, 0.1) is 11.6 Å². The van der Waals surface area contributed by atoms with Gasteiger partial charge in [-0.15, -0.1) is 0 Å². The maximum atomic E-state index is 13.4. The Morgan fingerprint density at radius 2 is 1.93 bits per heavy atom. The van der Waals surface area contributed by atoms with Crippen LogP contribution in [-0.4, -0.2) is 6.04 Å². The first-order valence-corrected chi connectivity index (χ1v) is 5.48. The van der Waals surface area contributed by atoms with Crippen LogP contribution in [0.3, 0.4) is 0 Å². The molecule has 0 amide bonds. The third kappa shape index (κ3) is 1.65. The van der Waals surface area contributed by atoms with E-state index in [9.17, 15) is 8.78 Å². The van der Waals surface area contributed by atoms with Gasteiger partial charge in [0, 0.05) is 18.2 Å². The zero-order chi connectivity index (χ0) is 10.4. The maximum Gasteiger partial charge on any atom is 0.129 e. The normalized spacial score (nSPS) is 24.3. The van der Waals surface area contributed by atoms with Gasteiger partial charge < -0.3 is 5.32 Å². The van der Waals surface area contributed by atoms with Gasteiger partial charge in [0.1, 0.15) is 11.6 Å². The van der Waals surface area contributed by atoms with Gasteiger partial charge in [-0.2, -0.15) is 0 Å². The quantitative estimate of drug-likeness (QED) is 0.789. The van der Waals surface area contributed by atoms with Gasteiger partial charge in [-0.1, -0.05) is 0 Å². The molecule has 1 fully saturated rings. The van der Waals surface area contributed by atoms with Crippen LogP contribution in [0.25, 0.3) is 0 Å². The summed E-state index contributed by atoms with van der Waals surface area (Å²) in [5, 5.41) is 3.43. The minimum absolute atomic E-state index is 0.165. The number of hydrogen-bond donors (Lipinski definition) is 1. The van der Waals surface area contributed by atoms with E-state index >= 15 is 0 Å². The molecule has 3 rings (SSSR count). The number of rotatable bonds is 2. The molecule has 80 valence electrons. The predicted octanol–water partition coefficient (Wildman–Crippen LogP) is 2.70. The minimum Gasteiger partial charge on any atom is -0.307 e. The summed E-state index contributed by atoms with van der Waals surface area (Å²) >= 11 is 0. The Morgan fingerprint density at radius 3 is 2.67 bits per heavy atom. The number of nitrogens with one attached hydrogen (secondary N) is 1. The first-order valence-electron chi connectivity index (χ1n) is 5.48. The van der Waals surface area contributed by atoms with Gasteiger partial charge in [-0.25, -0.2) is 8.78 Å². The number of hydrogen-bond acceptors (Lipinski definition) is 1. The number of fused-ring (bicyclic) bond motifs is 1. The van der Waals surface area contributed by atoms with Gasteiger partial charge in [-0.3, -0.25) is 0 Å². The van der Waals surface area contributed by atoms with E-state index in [1.54, 1.807) is 0 Å². The van der Waals surface area contributed by atoms with Crippen LogP contribution in [0.15, 0.2) is 12.1 Å². The molecule has 15 heavy (non-hydrogen) atoms. The highest BCUT2D eigenvalue weighted by molar-refractivity contribution is 5.36. The second-order valence-electron chi connectivity index (χ2n) is 4.49. The first kappa shape index (κ1) is 9.28. The van der Waals surface area contributed by atoms with E-state index in [2.05, 4.69) is 5.32 Å². The lowest BCUT2D eigenvalue weighted by molar-refractivity contribution is 0.524. The fourth-order valence-corrected chi connectivity index (χ4v) is 2.35. The fraction of sp³-hybridized carbons (Fsp3) is 0.500. The van der Waals surface area contributed by atoms with Crippen molar-refractivity contribution in [1.29, 1.82) is 0 Å². The third-order valence-corrected chi connectivity index (χ3v) is 3.27. The van der Waals surface area contributed by atoms with Crippen molar-refractivity contribution < 1.29 is 8.78 Å². The van der Waals surface area contributed by atoms with Gasteiger partial charge in [-0.05, 0) is 42.9 Å². The van der Waals surface area contributed by atoms with Crippen molar-refractivity contribution in [2.24, 2.45) is 0 Å². The second-order valence-corrected chi connectivity index (χ2v) is 4.49. The Morgan fingerprint density at radius 1 is 1.13 bits per heavy atom. The summed E-state index contributed by atoms with van der Waals surface area (Å²) < 4.78 is 26.5. The molecule has 0 bridgehead atoms. The largest absolute Gasteiger partial charge is 0.307 e. The zero-order valence-electron chi connectivity index (χ0n) is 8.39. The van der Waals surface area contributed by atoms with Crippen LogP contribution in [0.5, 0.6) is 0 Å². The minimum atomic E-state index is -0.462. The molecule has 1 atom stereocenters. The molecule has 1 saturated carbocycles. The third-order valence-electron chi connectivity index (χ3n) is 3.27. The zero-order valence-corrected chi connectivity index (χ0v) is 8.39. The highest BCUT2D eigenvalue weighted by Gasteiger charge is 2.31. The summed E-state index contributed by atoms with van der Waals surface area (Å²) in [6.45, 7) is 0. The monoisotopic (exact) mass is 209 g/mol. The molecular formula is C12H13F2N. The summed E-state index contributed by atoms with van der Waals surface area (Å²) in [7, 11) is 0. The Kier molecular flexibility index (Phi) is 2.02. The molecule has 0 radical (unpaired) electrons. The highest BCUT2D eigenvalue weighted by atomic mass is 19.1. The molecule has 2 aliphatic rings. The number of halogens is 2. The second kappa shape index (κ2) is 3.27. The summed E-state index contributed by atoms with van der Waals surface area (Å²) in [5.41, 5.74) is 1.54. The van der Waals surface area contributed by atoms with E-state index in [-0.39, 0.29) is 11.9 Å². The van der Waals surface area contributed by atoms with Gasteiger partial charge in [0.25, 0.3) is 0 Å². The molecule has 1 nitrogen and oxygen atoms in total. The average Bonchev–Trinajstić information content (AvgIpc) is 2.89. The van der Waals surface area contributed by atoms with E-state index in [1.165, 1.54) is 18.9 Å². The lowest BCUT2D eigenvalue weighted by Gasteiger charge is -2.13. The molecule has 1 unspecified atom stereocenters. The lowest BCUT2D eigenvalue weighted by Crippen LogP contribution is -2.21. The van der Waals surface area contributed by atoms with Crippen LogP contribution in [-0.2, 0) is 6.42 Å². The van der Waals surface area contributed by atoms with Gasteiger partial charge in [0.05, 0.1) is 0 Å². The van der Waals surface area contributed by atoms with Crippen LogP contribution >= 0.6 is 0 Å². The maximum absolute atomic E-state index is 13.4. The summed E-state index contributed by atoms with van der Waals surface area (Å²) in [4.78, 5) is 0. The van der Waals surface area contributed by atoms with E-state index < -0.39 is 5.82 Å². The molecule has 3 heteroatoms. The standard InChI is InChI=1S/C12H13F2N/c13-7-5-10-9(11(14)6-7)3-4-12(10)15-8-1-2-8/h5-6,8,12,15H,1-4H2. The Hall–Kier alpha value is -0.960. The fourth-order valence-electron chi connectivity index (χ4n) is 2.35. The molecule has 0 aliphatic heterocycles. The van der Waals surface area contributed by atoms with Crippen LogP contribution in [0.4, 0.5) is 8.78 Å². The van der Waals surface area contributed by atoms with Gasteiger partial charge in [0.2, 0.25) is 0 Å². The Bertz CT molecular complexity index is 399. The van der Waals surface area contributed by atoms with Crippen LogP contribution < -0.4 is 5.32 Å². The van der Waals surface area contributed by atoms with Crippen molar-refractivity contribution in [2.45, 2.75) is 37.8 Å².